The Morgan fingerprint density at radius 1 is 1.03 bits per heavy atom. The van der Waals surface area contributed by atoms with E-state index in [2.05, 4.69) is 4.90 Å². The second-order valence-corrected chi connectivity index (χ2v) is 12.3. The van der Waals surface area contributed by atoms with Crippen molar-refractivity contribution in [2.24, 2.45) is 11.8 Å². The number of hydrogen-bond acceptors (Lipinski definition) is 4. The molecule has 1 N–H and O–H groups in total. The van der Waals surface area contributed by atoms with Crippen LogP contribution in [0.5, 0.6) is 5.75 Å². The minimum absolute atomic E-state index is 0.0352. The molecule has 4 aliphatic rings. The summed E-state index contributed by atoms with van der Waals surface area (Å²) in [6.45, 7) is 4.02. The fourth-order valence-corrected chi connectivity index (χ4v) is 7.03. The van der Waals surface area contributed by atoms with Gasteiger partial charge in [0.15, 0.2) is 0 Å². The van der Waals surface area contributed by atoms with Gasteiger partial charge in [-0.15, -0.1) is 0 Å². The van der Waals surface area contributed by atoms with Gasteiger partial charge in [-0.1, -0.05) is 36.9 Å². The molecular weight excluding hydrogens is 476 g/mol. The molecule has 0 radical (unpaired) electrons. The molecule has 1 aromatic rings. The quantitative estimate of drug-likeness (QED) is 0.554. The fourth-order valence-electron chi connectivity index (χ4n) is 6.78. The second kappa shape index (κ2) is 10.9. The molecule has 2 saturated carbocycles. The smallest absolute Gasteiger partial charge is 0.226 e. The number of carbonyl (C=O) groups is 2. The van der Waals surface area contributed by atoms with E-state index in [1.54, 1.807) is 0 Å². The average Bonchev–Trinajstić information content (AvgIpc) is 3.42. The lowest BCUT2D eigenvalue weighted by atomic mass is 9.83. The van der Waals surface area contributed by atoms with E-state index in [1.807, 2.05) is 30.0 Å². The largest absolute Gasteiger partial charge is 0.493 e. The lowest BCUT2D eigenvalue weighted by Gasteiger charge is -2.37. The van der Waals surface area contributed by atoms with Gasteiger partial charge in [-0.3, -0.25) is 9.59 Å². The number of aliphatic hydroxyl groups is 1. The van der Waals surface area contributed by atoms with Gasteiger partial charge in [0.2, 0.25) is 11.8 Å². The molecule has 2 unspecified atom stereocenters. The summed E-state index contributed by atoms with van der Waals surface area (Å²) in [7, 11) is 0. The number of amides is 2. The van der Waals surface area contributed by atoms with Gasteiger partial charge < -0.3 is 19.6 Å². The Morgan fingerprint density at radius 3 is 2.47 bits per heavy atom. The lowest BCUT2D eigenvalue weighted by Crippen LogP contribution is -2.43. The molecule has 2 aliphatic heterocycles. The molecular formula is C29H41ClN2O4. The van der Waals surface area contributed by atoms with Crippen LogP contribution >= 0.6 is 11.6 Å². The fraction of sp³-hybridized carbons (Fsp3) is 0.724. The minimum Gasteiger partial charge on any atom is -0.493 e. The third-order valence-corrected chi connectivity index (χ3v) is 9.41. The van der Waals surface area contributed by atoms with Crippen LogP contribution in [0.2, 0.25) is 5.02 Å². The van der Waals surface area contributed by atoms with Crippen LogP contribution in [0.3, 0.4) is 0 Å². The van der Waals surface area contributed by atoms with Crippen LogP contribution in [0, 0.1) is 11.8 Å². The van der Waals surface area contributed by atoms with Crippen LogP contribution in [-0.2, 0) is 16.0 Å². The predicted octanol–water partition coefficient (Wildman–Crippen LogP) is 4.98. The third kappa shape index (κ3) is 5.85. The van der Waals surface area contributed by atoms with E-state index in [0.29, 0.717) is 30.5 Å². The first-order valence-corrected chi connectivity index (χ1v) is 14.4. The molecule has 2 amide bonds. The number of carbonyl (C=O) groups excluding carboxylic acids is 2. The van der Waals surface area contributed by atoms with Gasteiger partial charge in [-0.2, -0.15) is 0 Å². The number of benzene rings is 1. The van der Waals surface area contributed by atoms with Crippen LogP contribution < -0.4 is 4.74 Å². The molecule has 6 nitrogen and oxygen atoms in total. The molecule has 36 heavy (non-hydrogen) atoms. The highest BCUT2D eigenvalue weighted by Gasteiger charge is 2.39. The number of halogens is 1. The standard InChI is InChI=1S/C29H41ClN2O4/c1-29(35)12-9-24(10-13-29)31-14-11-22(28(31)34)16-21-7-8-25(17-26(21)30)36-19-20-15-27(33)32(18-20)23-5-3-2-4-6-23/h7-8,17,20,22-24,35H,2-6,9-16,18-19H2,1H3. The molecule has 198 valence electrons. The molecule has 4 fully saturated rings. The molecule has 2 heterocycles. The monoisotopic (exact) mass is 516 g/mol. The third-order valence-electron chi connectivity index (χ3n) is 9.05. The van der Waals surface area contributed by atoms with Crippen molar-refractivity contribution in [3.8, 4) is 5.75 Å². The Bertz CT molecular complexity index is 951. The predicted molar refractivity (Wildman–Crippen MR) is 140 cm³/mol. The molecule has 2 aliphatic carbocycles. The zero-order valence-electron chi connectivity index (χ0n) is 21.6. The summed E-state index contributed by atoms with van der Waals surface area (Å²) in [4.78, 5) is 29.8. The van der Waals surface area contributed by atoms with E-state index in [-0.39, 0.29) is 29.7 Å². The number of ether oxygens (including phenoxy) is 1. The van der Waals surface area contributed by atoms with Gasteiger partial charge in [-0.25, -0.2) is 0 Å². The summed E-state index contributed by atoms with van der Waals surface area (Å²) in [6, 6.07) is 6.46. The average molecular weight is 517 g/mol. The zero-order chi connectivity index (χ0) is 25.3. The van der Waals surface area contributed by atoms with Crippen molar-refractivity contribution >= 4 is 23.4 Å². The maximum Gasteiger partial charge on any atom is 0.226 e. The second-order valence-electron chi connectivity index (χ2n) is 11.9. The van der Waals surface area contributed by atoms with E-state index < -0.39 is 5.60 Å². The van der Waals surface area contributed by atoms with Crippen LogP contribution in [0.15, 0.2) is 18.2 Å². The van der Waals surface area contributed by atoms with E-state index in [1.165, 1.54) is 19.3 Å². The van der Waals surface area contributed by atoms with Crippen molar-refractivity contribution in [3.63, 3.8) is 0 Å². The number of hydrogen-bond donors (Lipinski definition) is 1. The highest BCUT2D eigenvalue weighted by atomic mass is 35.5. The molecule has 2 atom stereocenters. The molecule has 5 rings (SSSR count). The highest BCUT2D eigenvalue weighted by molar-refractivity contribution is 6.31. The molecule has 0 aromatic heterocycles. The number of nitrogens with zero attached hydrogens (tertiary/aromatic N) is 2. The summed E-state index contributed by atoms with van der Waals surface area (Å²) in [6.07, 6.45) is 11.4. The Hall–Kier alpha value is -1.79. The maximum atomic E-state index is 13.1. The Labute approximate surface area is 220 Å². The zero-order valence-corrected chi connectivity index (χ0v) is 22.3. The van der Waals surface area contributed by atoms with Gasteiger partial charge >= 0.3 is 0 Å². The molecule has 2 saturated heterocycles. The van der Waals surface area contributed by atoms with Gasteiger partial charge in [0.1, 0.15) is 5.75 Å². The van der Waals surface area contributed by atoms with Crippen LogP contribution in [-0.4, -0.2) is 64.1 Å². The topological polar surface area (TPSA) is 70.1 Å². The molecule has 7 heteroatoms. The summed E-state index contributed by atoms with van der Waals surface area (Å²) < 4.78 is 6.06. The lowest BCUT2D eigenvalue weighted by molar-refractivity contribution is -0.134. The van der Waals surface area contributed by atoms with Gasteiger partial charge in [0.25, 0.3) is 0 Å². The number of rotatable bonds is 7. The van der Waals surface area contributed by atoms with E-state index in [0.717, 1.165) is 69.3 Å². The number of likely N-dealkylation sites (tertiary alicyclic amines) is 2. The van der Waals surface area contributed by atoms with E-state index in [9.17, 15) is 14.7 Å². The van der Waals surface area contributed by atoms with Crippen molar-refractivity contribution in [3.05, 3.63) is 28.8 Å². The summed E-state index contributed by atoms with van der Waals surface area (Å²) in [5.74, 6) is 1.42. The molecule has 0 bridgehead atoms. The molecule has 0 spiro atoms. The Kier molecular flexibility index (Phi) is 7.83. The van der Waals surface area contributed by atoms with Gasteiger partial charge in [0.05, 0.1) is 12.2 Å². The Morgan fingerprint density at radius 2 is 1.75 bits per heavy atom. The summed E-state index contributed by atoms with van der Waals surface area (Å²) in [5.41, 5.74) is 0.397. The van der Waals surface area contributed by atoms with Crippen molar-refractivity contribution in [1.82, 2.24) is 9.80 Å². The van der Waals surface area contributed by atoms with Crippen LogP contribution in [0.1, 0.15) is 83.1 Å². The van der Waals surface area contributed by atoms with Crippen molar-refractivity contribution in [2.75, 3.05) is 19.7 Å². The minimum atomic E-state index is -0.585. The van der Waals surface area contributed by atoms with E-state index in [4.69, 9.17) is 16.3 Å². The first kappa shape index (κ1) is 25.8. The van der Waals surface area contributed by atoms with Crippen LogP contribution in [0.4, 0.5) is 0 Å². The SMILES string of the molecule is CC1(O)CCC(N2CCC(Cc3ccc(OCC4CC(=O)N(C5CCCCC5)C4)cc3Cl)C2=O)CC1. The van der Waals surface area contributed by atoms with Crippen molar-refractivity contribution in [2.45, 2.75) is 102 Å². The maximum absolute atomic E-state index is 13.1. The normalized spacial score (nSPS) is 31.9. The van der Waals surface area contributed by atoms with Gasteiger partial charge in [0, 0.05) is 48.5 Å². The van der Waals surface area contributed by atoms with Gasteiger partial charge in [-0.05, 0) is 76.0 Å². The first-order chi connectivity index (χ1) is 17.3. The first-order valence-electron chi connectivity index (χ1n) is 14.0. The summed E-state index contributed by atoms with van der Waals surface area (Å²) >= 11 is 6.62. The summed E-state index contributed by atoms with van der Waals surface area (Å²) in [5, 5.41) is 10.9. The highest BCUT2D eigenvalue weighted by Crippen LogP contribution is 2.35. The van der Waals surface area contributed by atoms with E-state index >= 15 is 0 Å². The van der Waals surface area contributed by atoms with Crippen molar-refractivity contribution in [1.29, 1.82) is 0 Å². The van der Waals surface area contributed by atoms with Crippen molar-refractivity contribution < 1.29 is 19.4 Å². The molecule has 1 aromatic carbocycles. The van der Waals surface area contributed by atoms with Crippen LogP contribution in [0.25, 0.3) is 0 Å². The Balaban J connectivity index is 1.11.